The average Bonchev–Trinajstić information content (AvgIpc) is 3.02. The van der Waals surface area contributed by atoms with Crippen LogP contribution in [0.1, 0.15) is 13.3 Å². The van der Waals surface area contributed by atoms with E-state index in [9.17, 15) is 0 Å². The number of methoxy groups -OCH3 is 2. The molecule has 3 aliphatic rings. The SMILES string of the molecule is COCC(COC)N1CC2CCN(c3ccc(Cl)cc3Cl)C3N=C(C)N=C1C23. The fourth-order valence-electron chi connectivity index (χ4n) is 4.74. The van der Waals surface area contributed by atoms with Crippen LogP contribution < -0.4 is 4.90 Å². The van der Waals surface area contributed by atoms with Gasteiger partial charge in [-0.15, -0.1) is 0 Å². The minimum atomic E-state index is 0.000616. The monoisotopic (exact) mass is 424 g/mol. The first-order valence-corrected chi connectivity index (χ1v) is 10.4. The van der Waals surface area contributed by atoms with Crippen molar-refractivity contribution in [2.24, 2.45) is 21.8 Å². The van der Waals surface area contributed by atoms with Crippen molar-refractivity contribution < 1.29 is 9.47 Å². The topological polar surface area (TPSA) is 49.7 Å². The van der Waals surface area contributed by atoms with Crippen molar-refractivity contribution in [1.82, 2.24) is 4.90 Å². The molecule has 8 heteroatoms. The zero-order valence-corrected chi connectivity index (χ0v) is 18.0. The maximum Gasteiger partial charge on any atom is 0.133 e. The van der Waals surface area contributed by atoms with Crippen molar-refractivity contribution in [2.45, 2.75) is 25.6 Å². The second kappa shape index (κ2) is 8.19. The maximum atomic E-state index is 6.53. The molecule has 3 atom stereocenters. The number of hydrogen-bond acceptors (Lipinski definition) is 6. The molecule has 0 N–H and O–H groups in total. The van der Waals surface area contributed by atoms with Crippen LogP contribution in [-0.4, -0.2) is 69.3 Å². The van der Waals surface area contributed by atoms with Gasteiger partial charge in [0.2, 0.25) is 0 Å². The van der Waals surface area contributed by atoms with Crippen LogP contribution in [0.15, 0.2) is 28.2 Å². The van der Waals surface area contributed by atoms with Crippen LogP contribution >= 0.6 is 23.2 Å². The first kappa shape index (κ1) is 20.0. The van der Waals surface area contributed by atoms with Crippen LogP contribution in [0.2, 0.25) is 10.0 Å². The summed E-state index contributed by atoms with van der Waals surface area (Å²) >= 11 is 12.6. The van der Waals surface area contributed by atoms with Gasteiger partial charge in [0.15, 0.2) is 0 Å². The molecule has 1 aromatic carbocycles. The number of anilines is 1. The van der Waals surface area contributed by atoms with Gasteiger partial charge in [-0.3, -0.25) is 0 Å². The summed E-state index contributed by atoms with van der Waals surface area (Å²) in [4.78, 5) is 14.5. The minimum absolute atomic E-state index is 0.000616. The standard InChI is InChI=1S/C20H26Cl2N4O2/c1-12-23-19-18-13(6-7-25(19)17-5-4-14(21)8-16(17)22)9-26(20(18)24-12)15(10-27-2)11-28-3/h4-5,8,13,15,18-19H,6-7,9-11H2,1-3H3. The smallest absolute Gasteiger partial charge is 0.133 e. The number of benzene rings is 1. The number of hydrogen-bond donors (Lipinski definition) is 0. The zero-order chi connectivity index (χ0) is 19.8. The second-order valence-corrected chi connectivity index (χ2v) is 8.48. The lowest BCUT2D eigenvalue weighted by atomic mass is 9.84. The average molecular weight is 425 g/mol. The zero-order valence-electron chi connectivity index (χ0n) is 16.4. The third-order valence-corrected chi connectivity index (χ3v) is 6.42. The Kier molecular flexibility index (Phi) is 5.83. The normalized spacial score (nSPS) is 26.4. The predicted molar refractivity (Wildman–Crippen MR) is 114 cm³/mol. The molecule has 0 amide bonds. The minimum Gasteiger partial charge on any atom is -0.382 e. The van der Waals surface area contributed by atoms with Crippen molar-refractivity contribution in [3.63, 3.8) is 0 Å². The molecule has 0 radical (unpaired) electrons. The molecule has 0 bridgehead atoms. The molecular formula is C20H26Cl2N4O2. The summed E-state index contributed by atoms with van der Waals surface area (Å²) in [5.74, 6) is 2.67. The summed E-state index contributed by atoms with van der Waals surface area (Å²) in [5.41, 5.74) is 0.982. The number of nitrogens with zero attached hydrogens (tertiary/aromatic N) is 4. The van der Waals surface area contributed by atoms with Gasteiger partial charge in [0, 0.05) is 32.3 Å². The number of likely N-dealkylation sites (tertiary alicyclic amines) is 1. The van der Waals surface area contributed by atoms with E-state index in [0.29, 0.717) is 29.2 Å². The molecule has 3 aliphatic heterocycles. The highest BCUT2D eigenvalue weighted by molar-refractivity contribution is 6.36. The molecule has 0 aliphatic carbocycles. The maximum absolute atomic E-state index is 6.53. The quantitative estimate of drug-likeness (QED) is 0.700. The number of aliphatic imine (C=N–C) groups is 2. The summed E-state index contributed by atoms with van der Waals surface area (Å²) in [6.45, 7) is 5.05. The molecule has 3 unspecified atom stereocenters. The van der Waals surface area contributed by atoms with Crippen molar-refractivity contribution in [2.75, 3.05) is 45.4 Å². The number of amidine groups is 2. The molecule has 0 saturated carbocycles. The summed E-state index contributed by atoms with van der Waals surface area (Å²) in [5, 5.41) is 1.30. The molecule has 2 fully saturated rings. The number of ether oxygens (including phenoxy) is 2. The third kappa shape index (κ3) is 3.52. The van der Waals surface area contributed by atoms with Crippen molar-refractivity contribution >= 4 is 40.6 Å². The highest BCUT2D eigenvalue weighted by Gasteiger charge is 2.51. The number of rotatable bonds is 6. The van der Waals surface area contributed by atoms with E-state index in [1.165, 1.54) is 0 Å². The molecule has 0 spiro atoms. The van der Waals surface area contributed by atoms with Crippen LogP contribution in [0.3, 0.4) is 0 Å². The molecule has 6 nitrogen and oxygen atoms in total. The Morgan fingerprint density at radius 1 is 1.21 bits per heavy atom. The molecule has 0 aromatic heterocycles. The summed E-state index contributed by atoms with van der Waals surface area (Å²) in [6, 6.07) is 5.83. The van der Waals surface area contributed by atoms with E-state index in [1.54, 1.807) is 20.3 Å². The fourth-order valence-corrected chi connectivity index (χ4v) is 5.26. The highest BCUT2D eigenvalue weighted by atomic mass is 35.5. The van der Waals surface area contributed by atoms with Gasteiger partial charge >= 0.3 is 0 Å². The van der Waals surface area contributed by atoms with E-state index < -0.39 is 0 Å². The van der Waals surface area contributed by atoms with Crippen LogP contribution in [0.25, 0.3) is 0 Å². The van der Waals surface area contributed by atoms with Gasteiger partial charge in [-0.1, -0.05) is 23.2 Å². The Balaban J connectivity index is 1.67. The predicted octanol–water partition coefficient (Wildman–Crippen LogP) is 3.57. The van der Waals surface area contributed by atoms with Gasteiger partial charge in [-0.05, 0) is 37.5 Å². The van der Waals surface area contributed by atoms with E-state index in [1.807, 2.05) is 19.1 Å². The first-order valence-electron chi connectivity index (χ1n) is 9.62. The van der Waals surface area contributed by atoms with Crippen LogP contribution in [0, 0.1) is 11.8 Å². The van der Waals surface area contributed by atoms with E-state index in [-0.39, 0.29) is 18.1 Å². The van der Waals surface area contributed by atoms with E-state index >= 15 is 0 Å². The molecular weight excluding hydrogens is 399 g/mol. The summed E-state index contributed by atoms with van der Waals surface area (Å²) in [6.07, 6.45) is 1.07. The lowest BCUT2D eigenvalue weighted by molar-refractivity contribution is 0.0665. The molecule has 2 saturated heterocycles. The van der Waals surface area contributed by atoms with Crippen molar-refractivity contribution in [3.05, 3.63) is 28.2 Å². The Labute approximate surface area is 176 Å². The Morgan fingerprint density at radius 2 is 1.96 bits per heavy atom. The largest absolute Gasteiger partial charge is 0.382 e. The van der Waals surface area contributed by atoms with Gasteiger partial charge in [0.25, 0.3) is 0 Å². The van der Waals surface area contributed by atoms with Crippen LogP contribution in [0.4, 0.5) is 5.69 Å². The second-order valence-electron chi connectivity index (χ2n) is 7.64. The molecule has 152 valence electrons. The number of piperidine rings is 1. The lowest BCUT2D eigenvalue weighted by Crippen LogP contribution is -2.52. The molecule has 1 aromatic rings. The van der Waals surface area contributed by atoms with E-state index in [2.05, 4.69) is 9.80 Å². The molecule has 28 heavy (non-hydrogen) atoms. The Bertz CT molecular complexity index is 794. The van der Waals surface area contributed by atoms with Gasteiger partial charge in [-0.25, -0.2) is 9.98 Å². The highest BCUT2D eigenvalue weighted by Crippen LogP contribution is 2.43. The molecule has 3 heterocycles. The summed E-state index contributed by atoms with van der Waals surface area (Å²) < 4.78 is 10.9. The van der Waals surface area contributed by atoms with Gasteiger partial charge < -0.3 is 19.3 Å². The van der Waals surface area contributed by atoms with Crippen molar-refractivity contribution in [1.29, 1.82) is 0 Å². The third-order valence-electron chi connectivity index (χ3n) is 5.89. The van der Waals surface area contributed by atoms with Gasteiger partial charge in [-0.2, -0.15) is 0 Å². The first-order chi connectivity index (χ1) is 13.5. The van der Waals surface area contributed by atoms with E-state index in [4.69, 9.17) is 42.7 Å². The van der Waals surface area contributed by atoms with Crippen LogP contribution in [-0.2, 0) is 9.47 Å². The van der Waals surface area contributed by atoms with Gasteiger partial charge in [0.05, 0.1) is 35.9 Å². The van der Waals surface area contributed by atoms with Crippen LogP contribution in [0.5, 0.6) is 0 Å². The Morgan fingerprint density at radius 3 is 2.64 bits per heavy atom. The Hall–Kier alpha value is -1.34. The lowest BCUT2D eigenvalue weighted by Gasteiger charge is -2.43. The summed E-state index contributed by atoms with van der Waals surface area (Å²) in [7, 11) is 3.46. The van der Waals surface area contributed by atoms with Gasteiger partial charge in [0.1, 0.15) is 17.8 Å². The number of halogens is 2. The molecule has 4 rings (SSSR count). The van der Waals surface area contributed by atoms with Crippen molar-refractivity contribution in [3.8, 4) is 0 Å². The fraction of sp³-hybridized carbons (Fsp3) is 0.600. The van der Waals surface area contributed by atoms with E-state index in [0.717, 1.165) is 36.9 Å².